The van der Waals surface area contributed by atoms with Gasteiger partial charge in [0, 0.05) is 0 Å². The Labute approximate surface area is 78.0 Å². The molecule has 0 aliphatic carbocycles. The first-order valence-corrected chi connectivity index (χ1v) is 4.17. The third kappa shape index (κ3) is 6.28. The van der Waals surface area contributed by atoms with Crippen LogP contribution in [0.5, 0.6) is 0 Å². The number of carbonyl (C=O) groups excluding carboxylic acids is 2. The Bertz CT molecular complexity index is 129. The van der Waals surface area contributed by atoms with Crippen LogP contribution in [-0.2, 0) is 35.7 Å². The van der Waals surface area contributed by atoms with E-state index in [1.54, 1.807) is 0 Å². The fourth-order valence-electron chi connectivity index (χ4n) is 0.171. The molecule has 0 bridgehead atoms. The number of thiol groups is 1. The van der Waals surface area contributed by atoms with E-state index in [4.69, 9.17) is 0 Å². The van der Waals surface area contributed by atoms with E-state index < -0.39 is 0 Å². The molecule has 2 amide bonds. The summed E-state index contributed by atoms with van der Waals surface area (Å²) in [6, 6.07) is 0. The van der Waals surface area contributed by atoms with Gasteiger partial charge >= 0.3 is 78.4 Å². The van der Waals surface area contributed by atoms with Gasteiger partial charge in [0.15, 0.2) is 0 Å². The third-order valence-corrected chi connectivity index (χ3v) is 1.11. The van der Waals surface area contributed by atoms with Gasteiger partial charge in [-0.2, -0.15) is 0 Å². The van der Waals surface area contributed by atoms with Gasteiger partial charge in [-0.25, -0.2) is 0 Å². The molecule has 0 aromatic heterocycles. The van der Waals surface area contributed by atoms with Crippen LogP contribution in [0.2, 0.25) is 0 Å². The van der Waals surface area contributed by atoms with Gasteiger partial charge in [-0.05, 0) is 0 Å². The van der Waals surface area contributed by atoms with E-state index in [0.717, 1.165) is 0 Å². The molecule has 0 radical (unpaired) electrons. The fourth-order valence-corrected chi connectivity index (χ4v) is 0.427. The van der Waals surface area contributed by atoms with E-state index in [-0.39, 0.29) is 14.4 Å². The van der Waals surface area contributed by atoms with Gasteiger partial charge in [0.2, 0.25) is 0 Å². The number of rotatable bonds is 1. The molecule has 0 aromatic carbocycles. The molecule has 48 valence electrons. The van der Waals surface area contributed by atoms with Crippen molar-refractivity contribution >= 4 is 21.3 Å². The summed E-state index contributed by atoms with van der Waals surface area (Å²) >= 11 is 4.11. The van der Waals surface area contributed by atoms with E-state index in [2.05, 4.69) is 23.5 Å². The van der Waals surface area contributed by atoms with Crippen molar-refractivity contribution in [1.29, 1.82) is 0 Å². The Morgan fingerprint density at radius 3 is 2.33 bits per heavy atom. The maximum atomic E-state index is 10.3. The Morgan fingerprint density at radius 1 is 1.44 bits per heavy atom. The van der Waals surface area contributed by atoms with Gasteiger partial charge in [0.1, 0.15) is 0 Å². The zero-order valence-electron chi connectivity index (χ0n) is 4.55. The first-order chi connectivity index (χ1) is 4.16. The molecule has 0 unspecified atom stereocenters. The van der Waals surface area contributed by atoms with Gasteiger partial charge in [-0.15, -0.1) is 0 Å². The molecule has 0 saturated heterocycles. The number of hydrogen-bond acceptors (Lipinski definition) is 3. The quantitative estimate of drug-likeness (QED) is 0.402. The van der Waals surface area contributed by atoms with Crippen LogP contribution in [0.1, 0.15) is 0 Å². The molecule has 0 aliphatic heterocycles. The van der Waals surface area contributed by atoms with Crippen LogP contribution >= 0.6 is 12.6 Å². The van der Waals surface area contributed by atoms with Crippen molar-refractivity contribution in [3.8, 4) is 0 Å². The van der Waals surface area contributed by atoms with Gasteiger partial charge in [-0.1, -0.05) is 0 Å². The third-order valence-electron chi connectivity index (χ3n) is 0.469. The Hall–Kier alpha value is 0.394. The SMILES string of the molecule is O=[C]([Y])NNC(=O)CS. The van der Waals surface area contributed by atoms with Crippen LogP contribution in [0.15, 0.2) is 0 Å². The number of amides is 2. The molecule has 2 N–H and O–H groups in total. The summed E-state index contributed by atoms with van der Waals surface area (Å²) in [6.45, 7) is 0. The van der Waals surface area contributed by atoms with Gasteiger partial charge in [0.05, 0.1) is 0 Å². The number of hydrogen-bond donors (Lipinski definition) is 3. The topological polar surface area (TPSA) is 58.2 Å². The van der Waals surface area contributed by atoms with Crippen molar-refractivity contribution < 1.29 is 40.5 Å². The average Bonchev–Trinajstić information content (AvgIpc) is 1.83. The van der Waals surface area contributed by atoms with Crippen molar-refractivity contribution in [2.24, 2.45) is 0 Å². The van der Waals surface area contributed by atoms with Crippen molar-refractivity contribution in [1.82, 2.24) is 10.9 Å². The summed E-state index contributed by atoms with van der Waals surface area (Å²) in [5, 5.41) is 0. The summed E-state index contributed by atoms with van der Waals surface area (Å²) in [6.07, 6.45) is 0. The van der Waals surface area contributed by atoms with Crippen molar-refractivity contribution in [3.05, 3.63) is 0 Å². The second kappa shape index (κ2) is 5.20. The monoisotopic (exact) mass is 222 g/mol. The van der Waals surface area contributed by atoms with Crippen LogP contribution in [0.3, 0.4) is 0 Å². The Kier molecular flexibility index (Phi) is 5.43. The summed E-state index contributed by atoms with van der Waals surface area (Å²) in [7, 11) is 0. The molecule has 4 nitrogen and oxygen atoms in total. The van der Waals surface area contributed by atoms with Crippen LogP contribution < -0.4 is 10.9 Å². The average molecular weight is 222 g/mol. The predicted octanol–water partition coefficient (Wildman–Crippen LogP) is -0.796. The van der Waals surface area contributed by atoms with Crippen LogP contribution in [-0.4, -0.2) is 14.4 Å². The molecule has 0 aliphatic rings. The molecule has 6 heteroatoms. The molecular weight excluding hydrogens is 217 g/mol. The second-order valence-electron chi connectivity index (χ2n) is 1.20. The normalized spacial score (nSPS) is 8.00. The van der Waals surface area contributed by atoms with Gasteiger partial charge < -0.3 is 0 Å². The number of carbonyl (C=O) groups is 2. The molecular formula is C3H5N2O2SY. The van der Waals surface area contributed by atoms with E-state index in [1.165, 1.54) is 0 Å². The van der Waals surface area contributed by atoms with E-state index in [0.29, 0.717) is 31.0 Å². The molecule has 0 aromatic rings. The molecule has 9 heavy (non-hydrogen) atoms. The first kappa shape index (κ1) is 9.39. The summed E-state index contributed by atoms with van der Waals surface area (Å²) in [5.74, 6) is -0.220. The van der Waals surface area contributed by atoms with Crippen LogP contribution in [0.4, 0.5) is 4.79 Å². The van der Waals surface area contributed by atoms with Crippen molar-refractivity contribution in [3.63, 3.8) is 0 Å². The minimum atomic E-state index is -0.305. The fraction of sp³-hybridized carbons (Fsp3) is 0.333. The molecule has 0 fully saturated rings. The Morgan fingerprint density at radius 2 is 2.00 bits per heavy atom. The predicted molar refractivity (Wildman–Crippen MR) is 30.5 cm³/mol. The summed E-state index contributed by atoms with van der Waals surface area (Å²) in [5.41, 5.74) is 4.32. The first-order valence-electron chi connectivity index (χ1n) is 2.12. The van der Waals surface area contributed by atoms with E-state index >= 15 is 0 Å². The zero-order chi connectivity index (χ0) is 7.28. The summed E-state index contributed by atoms with van der Waals surface area (Å²) in [4.78, 5) is 20.5. The van der Waals surface area contributed by atoms with Crippen LogP contribution in [0, 0.1) is 0 Å². The van der Waals surface area contributed by atoms with Crippen molar-refractivity contribution in [2.45, 2.75) is 0 Å². The van der Waals surface area contributed by atoms with Gasteiger partial charge in [0.25, 0.3) is 0 Å². The Balaban J connectivity index is 3.28. The standard InChI is InChI=1S/C3H5N2O2S.Y/c6-2-4-5-3(7)1-8;/h8H,1H2,(H,4,6)(H,5,7);. The molecule has 0 spiro atoms. The van der Waals surface area contributed by atoms with E-state index in [1.807, 2.05) is 0 Å². The minimum absolute atomic E-state index is 0.0842. The molecule has 0 rings (SSSR count). The van der Waals surface area contributed by atoms with Gasteiger partial charge in [-0.3, -0.25) is 0 Å². The van der Waals surface area contributed by atoms with Crippen molar-refractivity contribution in [2.75, 3.05) is 5.75 Å². The maximum absolute atomic E-state index is 10.3. The second-order valence-corrected chi connectivity index (χ2v) is 2.80. The van der Waals surface area contributed by atoms with E-state index in [9.17, 15) is 9.59 Å². The number of nitrogens with one attached hydrogen (secondary N) is 2. The molecule has 0 saturated carbocycles. The zero-order valence-corrected chi connectivity index (χ0v) is 8.28. The summed E-state index contributed by atoms with van der Waals surface area (Å²) < 4.78 is -0.171. The number of hydrazine groups is 1. The van der Waals surface area contributed by atoms with Crippen LogP contribution in [0.25, 0.3) is 0 Å². The molecule has 0 heterocycles. The molecule has 0 atom stereocenters.